The van der Waals surface area contributed by atoms with Gasteiger partial charge in [0.2, 0.25) is 5.91 Å². The zero-order valence-electron chi connectivity index (χ0n) is 8.83. The van der Waals surface area contributed by atoms with Crippen molar-refractivity contribution in [1.82, 2.24) is 4.90 Å². The van der Waals surface area contributed by atoms with E-state index in [1.807, 2.05) is 4.90 Å². The molecule has 0 atom stereocenters. The van der Waals surface area contributed by atoms with Gasteiger partial charge in [-0.2, -0.15) is 0 Å². The van der Waals surface area contributed by atoms with Gasteiger partial charge < -0.3 is 15.7 Å². The fraction of sp³-hybridized carbons (Fsp3) is 0.900. The van der Waals surface area contributed by atoms with E-state index >= 15 is 0 Å². The first-order chi connectivity index (χ1) is 6.61. The number of hydrogen-bond acceptors (Lipinski definition) is 3. The molecule has 1 amide bonds. The molecule has 0 aromatic heterocycles. The molecule has 0 saturated carbocycles. The molecule has 4 nitrogen and oxygen atoms in total. The van der Waals surface area contributed by atoms with Crippen LogP contribution in [0.4, 0.5) is 0 Å². The molecule has 0 spiro atoms. The van der Waals surface area contributed by atoms with E-state index < -0.39 is 0 Å². The molecule has 1 fully saturated rings. The number of aliphatic hydroxyl groups excluding tert-OH is 1. The molecule has 1 aliphatic heterocycles. The number of hydrogen-bond donors (Lipinski definition) is 2. The third kappa shape index (κ3) is 2.69. The molecule has 14 heavy (non-hydrogen) atoms. The van der Waals surface area contributed by atoms with Crippen LogP contribution in [0.25, 0.3) is 0 Å². The van der Waals surface area contributed by atoms with Crippen molar-refractivity contribution in [1.29, 1.82) is 0 Å². The summed E-state index contributed by atoms with van der Waals surface area (Å²) in [5.74, 6) is 0.146. The van der Waals surface area contributed by atoms with E-state index in [9.17, 15) is 4.79 Å². The van der Waals surface area contributed by atoms with Gasteiger partial charge in [-0.05, 0) is 18.3 Å². The second-order valence-electron chi connectivity index (χ2n) is 4.39. The van der Waals surface area contributed by atoms with E-state index in [1.54, 1.807) is 0 Å². The van der Waals surface area contributed by atoms with Crippen molar-refractivity contribution in [2.45, 2.75) is 26.2 Å². The summed E-state index contributed by atoms with van der Waals surface area (Å²) in [6.07, 6.45) is 2.22. The van der Waals surface area contributed by atoms with E-state index in [2.05, 4.69) is 6.92 Å². The van der Waals surface area contributed by atoms with E-state index in [1.165, 1.54) is 0 Å². The molecule has 1 saturated heterocycles. The Kier molecular flexibility index (Phi) is 3.89. The van der Waals surface area contributed by atoms with Crippen molar-refractivity contribution >= 4 is 5.91 Å². The number of aliphatic hydroxyl groups is 1. The molecule has 0 aliphatic carbocycles. The zero-order valence-corrected chi connectivity index (χ0v) is 8.83. The van der Waals surface area contributed by atoms with Gasteiger partial charge in [0.1, 0.15) is 0 Å². The standard InChI is InChI=1S/C10H20N2O2/c1-10(8-13)3-6-12(7-4-10)9(14)2-5-11/h13H,2-8,11H2,1H3. The Labute approximate surface area is 85.1 Å². The van der Waals surface area contributed by atoms with Crippen LogP contribution in [0, 0.1) is 5.41 Å². The Morgan fingerprint density at radius 3 is 2.50 bits per heavy atom. The minimum Gasteiger partial charge on any atom is -0.396 e. The Morgan fingerprint density at radius 2 is 2.07 bits per heavy atom. The summed E-state index contributed by atoms with van der Waals surface area (Å²) < 4.78 is 0. The van der Waals surface area contributed by atoms with Gasteiger partial charge in [-0.1, -0.05) is 6.92 Å². The largest absolute Gasteiger partial charge is 0.396 e. The minimum absolute atomic E-state index is 0.0134. The molecule has 4 heteroatoms. The van der Waals surface area contributed by atoms with Gasteiger partial charge in [0.05, 0.1) is 0 Å². The SMILES string of the molecule is CC1(CO)CCN(C(=O)CCN)CC1. The molecule has 0 radical (unpaired) electrons. The molecule has 82 valence electrons. The van der Waals surface area contributed by atoms with Crippen molar-refractivity contribution in [2.75, 3.05) is 26.2 Å². The smallest absolute Gasteiger partial charge is 0.223 e. The van der Waals surface area contributed by atoms with Crippen LogP contribution in [0.1, 0.15) is 26.2 Å². The van der Waals surface area contributed by atoms with E-state index in [0.717, 1.165) is 25.9 Å². The Hall–Kier alpha value is -0.610. The average Bonchev–Trinajstić information content (AvgIpc) is 2.19. The average molecular weight is 200 g/mol. The molecule has 0 bridgehead atoms. The molecule has 1 rings (SSSR count). The number of carbonyl (C=O) groups is 1. The van der Waals surface area contributed by atoms with Crippen LogP contribution in [0.3, 0.4) is 0 Å². The van der Waals surface area contributed by atoms with Gasteiger partial charge in [0.25, 0.3) is 0 Å². The predicted octanol–water partition coefficient (Wildman–Crippen LogP) is -0.0438. The highest BCUT2D eigenvalue weighted by Gasteiger charge is 2.30. The number of carbonyl (C=O) groups excluding carboxylic acids is 1. The fourth-order valence-electron chi connectivity index (χ4n) is 1.74. The molecular weight excluding hydrogens is 180 g/mol. The third-order valence-electron chi connectivity index (χ3n) is 3.06. The quantitative estimate of drug-likeness (QED) is 0.671. The van der Waals surface area contributed by atoms with Crippen molar-refractivity contribution < 1.29 is 9.90 Å². The summed E-state index contributed by atoms with van der Waals surface area (Å²) in [5, 5.41) is 9.16. The second-order valence-corrected chi connectivity index (χ2v) is 4.39. The van der Waals surface area contributed by atoms with Crippen LogP contribution in [0.15, 0.2) is 0 Å². The zero-order chi connectivity index (χ0) is 10.6. The monoisotopic (exact) mass is 200 g/mol. The Balaban J connectivity index is 2.39. The van der Waals surface area contributed by atoms with Gasteiger partial charge in [-0.25, -0.2) is 0 Å². The molecule has 1 heterocycles. The molecule has 0 aromatic rings. The van der Waals surface area contributed by atoms with Crippen LogP contribution in [-0.2, 0) is 4.79 Å². The lowest BCUT2D eigenvalue weighted by atomic mass is 9.81. The molecule has 0 aromatic carbocycles. The van der Waals surface area contributed by atoms with Crippen LogP contribution >= 0.6 is 0 Å². The summed E-state index contributed by atoms with van der Waals surface area (Å²) in [6.45, 7) is 4.22. The lowest BCUT2D eigenvalue weighted by Crippen LogP contribution is -2.43. The lowest BCUT2D eigenvalue weighted by molar-refractivity contribution is -0.133. The van der Waals surface area contributed by atoms with E-state index in [-0.39, 0.29) is 17.9 Å². The van der Waals surface area contributed by atoms with Gasteiger partial charge in [0.15, 0.2) is 0 Å². The van der Waals surface area contributed by atoms with Crippen LogP contribution in [-0.4, -0.2) is 42.2 Å². The number of nitrogens with two attached hydrogens (primary N) is 1. The molecule has 0 unspecified atom stereocenters. The van der Waals surface area contributed by atoms with Crippen LogP contribution < -0.4 is 5.73 Å². The van der Waals surface area contributed by atoms with E-state index in [0.29, 0.717) is 13.0 Å². The van der Waals surface area contributed by atoms with Crippen LogP contribution in [0.2, 0.25) is 0 Å². The number of amides is 1. The van der Waals surface area contributed by atoms with E-state index in [4.69, 9.17) is 10.8 Å². The maximum absolute atomic E-state index is 11.5. The summed E-state index contributed by atoms with van der Waals surface area (Å²) in [6, 6.07) is 0. The van der Waals surface area contributed by atoms with Gasteiger partial charge in [0, 0.05) is 32.7 Å². The third-order valence-corrected chi connectivity index (χ3v) is 3.06. The number of rotatable bonds is 3. The molecule has 3 N–H and O–H groups in total. The normalized spacial score (nSPS) is 20.9. The lowest BCUT2D eigenvalue weighted by Gasteiger charge is -2.38. The first kappa shape index (κ1) is 11.5. The maximum atomic E-state index is 11.5. The summed E-state index contributed by atoms with van der Waals surface area (Å²) in [7, 11) is 0. The second kappa shape index (κ2) is 4.75. The van der Waals surface area contributed by atoms with Gasteiger partial charge in [-0.15, -0.1) is 0 Å². The van der Waals surface area contributed by atoms with Crippen molar-refractivity contribution in [3.63, 3.8) is 0 Å². The highest BCUT2D eigenvalue weighted by Crippen LogP contribution is 2.30. The first-order valence-electron chi connectivity index (χ1n) is 5.20. The fourth-order valence-corrected chi connectivity index (χ4v) is 1.74. The maximum Gasteiger partial charge on any atom is 0.223 e. The van der Waals surface area contributed by atoms with Crippen LogP contribution in [0.5, 0.6) is 0 Å². The highest BCUT2D eigenvalue weighted by molar-refractivity contribution is 5.76. The predicted molar refractivity (Wildman–Crippen MR) is 54.7 cm³/mol. The van der Waals surface area contributed by atoms with Crippen molar-refractivity contribution in [2.24, 2.45) is 11.1 Å². The molecular formula is C10H20N2O2. The minimum atomic E-state index is 0.0134. The summed E-state index contributed by atoms with van der Waals surface area (Å²) >= 11 is 0. The Morgan fingerprint density at radius 1 is 1.50 bits per heavy atom. The number of nitrogens with zero attached hydrogens (tertiary/aromatic N) is 1. The number of likely N-dealkylation sites (tertiary alicyclic amines) is 1. The molecule has 1 aliphatic rings. The van der Waals surface area contributed by atoms with Gasteiger partial charge >= 0.3 is 0 Å². The van der Waals surface area contributed by atoms with Crippen molar-refractivity contribution in [3.05, 3.63) is 0 Å². The topological polar surface area (TPSA) is 66.6 Å². The summed E-state index contributed by atoms with van der Waals surface area (Å²) in [4.78, 5) is 13.3. The van der Waals surface area contributed by atoms with Crippen molar-refractivity contribution in [3.8, 4) is 0 Å². The van der Waals surface area contributed by atoms with Gasteiger partial charge in [-0.3, -0.25) is 4.79 Å². The highest BCUT2D eigenvalue weighted by atomic mass is 16.3. The first-order valence-corrected chi connectivity index (χ1v) is 5.20. The summed E-state index contributed by atoms with van der Waals surface area (Å²) in [5.41, 5.74) is 5.34. The number of piperidine rings is 1. The Bertz CT molecular complexity index is 198.